The minimum Gasteiger partial charge on any atom is -0.411 e. The molecule has 21 heavy (non-hydrogen) atoms. The first kappa shape index (κ1) is 14.4. The maximum Gasteiger partial charge on any atom is 0.170 e. The second-order valence-corrected chi connectivity index (χ2v) is 4.44. The Bertz CT molecular complexity index is 667. The average molecular weight is 280 g/mol. The molecule has 104 valence electrons. The maximum atomic E-state index is 8.72. The van der Waals surface area contributed by atoms with Gasteiger partial charge in [-0.1, -0.05) is 5.16 Å². The van der Waals surface area contributed by atoms with E-state index in [1.54, 1.807) is 12.1 Å². The van der Waals surface area contributed by atoms with Crippen molar-refractivity contribution in [1.82, 2.24) is 0 Å². The molecule has 0 aromatic carbocycles. The van der Waals surface area contributed by atoms with Crippen molar-refractivity contribution >= 4 is 6.21 Å². The molecule has 2 aromatic rings. The van der Waals surface area contributed by atoms with Gasteiger partial charge in [-0.3, -0.25) is 0 Å². The van der Waals surface area contributed by atoms with E-state index in [-0.39, 0.29) is 0 Å². The van der Waals surface area contributed by atoms with E-state index in [1.807, 2.05) is 46.1 Å². The third-order valence-electron chi connectivity index (χ3n) is 2.94. The van der Waals surface area contributed by atoms with Gasteiger partial charge in [-0.2, -0.15) is 5.26 Å². The zero-order valence-corrected chi connectivity index (χ0v) is 11.5. The summed E-state index contributed by atoms with van der Waals surface area (Å²) < 4.78 is 4.03. The van der Waals surface area contributed by atoms with Gasteiger partial charge < -0.3 is 5.21 Å². The summed E-state index contributed by atoms with van der Waals surface area (Å²) in [7, 11) is 0. The topological polar surface area (TPSA) is 64.1 Å². The number of hydrogen-bond donors (Lipinski definition) is 1. The monoisotopic (exact) mass is 280 g/mol. The Morgan fingerprint density at radius 2 is 1.52 bits per heavy atom. The summed E-state index contributed by atoms with van der Waals surface area (Å²) in [6.07, 6.45) is 13.2. The van der Waals surface area contributed by atoms with Crippen LogP contribution in [0.2, 0.25) is 0 Å². The van der Waals surface area contributed by atoms with Crippen molar-refractivity contribution in [3.63, 3.8) is 0 Å². The summed E-state index contributed by atoms with van der Waals surface area (Å²) in [6, 6.07) is 9.44. The normalized spacial score (nSPS) is 11.0. The summed E-state index contributed by atoms with van der Waals surface area (Å²) in [5, 5.41) is 20.1. The van der Waals surface area contributed by atoms with Crippen LogP contribution in [-0.2, 0) is 13.1 Å². The molecule has 2 heterocycles. The third-order valence-corrected chi connectivity index (χ3v) is 2.94. The fraction of sp³-hybridized carbons (Fsp3) is 0.125. The van der Waals surface area contributed by atoms with Crippen LogP contribution in [0.15, 0.2) is 66.4 Å². The van der Waals surface area contributed by atoms with Crippen LogP contribution in [0.1, 0.15) is 11.1 Å². The second-order valence-electron chi connectivity index (χ2n) is 4.44. The van der Waals surface area contributed by atoms with Crippen LogP contribution >= 0.6 is 0 Å². The Morgan fingerprint density at radius 3 is 2.00 bits per heavy atom. The summed E-state index contributed by atoms with van der Waals surface area (Å²) in [4.78, 5) is 0. The molecule has 2 rings (SSSR count). The molecule has 0 amide bonds. The van der Waals surface area contributed by atoms with Crippen molar-refractivity contribution in [2.24, 2.45) is 5.16 Å². The van der Waals surface area contributed by atoms with Crippen molar-refractivity contribution in [2.75, 3.05) is 0 Å². The number of rotatable bonds is 5. The Labute approximate surface area is 123 Å². The van der Waals surface area contributed by atoms with Gasteiger partial charge in [-0.25, -0.2) is 9.13 Å². The number of oxime groups is 1. The Morgan fingerprint density at radius 1 is 1.00 bits per heavy atom. The largest absolute Gasteiger partial charge is 0.411 e. The molecule has 0 saturated carbocycles. The zero-order chi connectivity index (χ0) is 14.9. The molecular weight excluding hydrogens is 264 g/mol. The molecule has 0 aliphatic heterocycles. The summed E-state index contributed by atoms with van der Waals surface area (Å²) in [5.41, 5.74) is 1.52. The minimum atomic E-state index is 0.664. The van der Waals surface area contributed by atoms with Crippen LogP contribution < -0.4 is 9.13 Å². The predicted molar refractivity (Wildman–Crippen MR) is 76.5 cm³/mol. The first-order valence-corrected chi connectivity index (χ1v) is 6.52. The standard InChI is InChI=1S/C16H15N4O/c17-13-15-3-9-19(10-4-15)7-1-2-8-20-11-5-16(6-12-20)14-18-21/h1-6,9-12,14H,7-8H2/q+1/p+1/b2-1+. The van der Waals surface area contributed by atoms with Gasteiger partial charge in [-0.05, 0) is 12.2 Å². The van der Waals surface area contributed by atoms with Crippen molar-refractivity contribution in [3.05, 3.63) is 72.3 Å². The number of pyridine rings is 2. The molecule has 5 heteroatoms. The molecule has 1 N–H and O–H groups in total. The first-order chi connectivity index (χ1) is 10.3. The Hall–Kier alpha value is -3.00. The van der Waals surface area contributed by atoms with E-state index in [9.17, 15) is 0 Å². The van der Waals surface area contributed by atoms with E-state index in [4.69, 9.17) is 10.5 Å². The van der Waals surface area contributed by atoms with E-state index in [0.29, 0.717) is 5.56 Å². The van der Waals surface area contributed by atoms with Gasteiger partial charge >= 0.3 is 0 Å². The van der Waals surface area contributed by atoms with E-state index in [2.05, 4.69) is 23.4 Å². The van der Waals surface area contributed by atoms with Gasteiger partial charge in [0.1, 0.15) is 0 Å². The molecule has 0 radical (unpaired) electrons. The van der Waals surface area contributed by atoms with E-state index < -0.39 is 0 Å². The highest BCUT2D eigenvalue weighted by molar-refractivity contribution is 5.78. The second kappa shape index (κ2) is 7.56. The fourth-order valence-electron chi connectivity index (χ4n) is 1.79. The number of hydrogen-bond acceptors (Lipinski definition) is 3. The quantitative estimate of drug-likeness (QED) is 0.294. The first-order valence-electron chi connectivity index (χ1n) is 6.52. The van der Waals surface area contributed by atoms with E-state index in [1.165, 1.54) is 6.21 Å². The number of aromatic nitrogens is 2. The third kappa shape index (κ3) is 4.55. The predicted octanol–water partition coefficient (Wildman–Crippen LogP) is 1.20. The zero-order valence-electron chi connectivity index (χ0n) is 11.5. The molecular formula is C16H16N4O+2. The maximum absolute atomic E-state index is 8.72. The molecule has 0 unspecified atom stereocenters. The summed E-state index contributed by atoms with van der Waals surface area (Å²) in [6.45, 7) is 1.54. The smallest absolute Gasteiger partial charge is 0.170 e. The van der Waals surface area contributed by atoms with Crippen LogP contribution in [0.4, 0.5) is 0 Å². The number of allylic oxidation sites excluding steroid dienone is 2. The molecule has 5 nitrogen and oxygen atoms in total. The average Bonchev–Trinajstić information content (AvgIpc) is 2.54. The lowest BCUT2D eigenvalue weighted by atomic mass is 10.3. The minimum absolute atomic E-state index is 0.664. The molecule has 0 saturated heterocycles. The number of nitriles is 1. The molecule has 2 aromatic heterocycles. The number of nitrogens with zero attached hydrogens (tertiary/aromatic N) is 4. The van der Waals surface area contributed by atoms with Crippen LogP contribution in [0.25, 0.3) is 0 Å². The van der Waals surface area contributed by atoms with Gasteiger partial charge in [0.05, 0.1) is 17.8 Å². The Balaban J connectivity index is 1.85. The molecule has 0 aliphatic rings. The highest BCUT2D eigenvalue weighted by atomic mass is 16.4. The highest BCUT2D eigenvalue weighted by Gasteiger charge is 1.99. The molecule has 0 aliphatic carbocycles. The van der Waals surface area contributed by atoms with Gasteiger partial charge in [-0.15, -0.1) is 0 Å². The van der Waals surface area contributed by atoms with Crippen molar-refractivity contribution < 1.29 is 14.3 Å². The van der Waals surface area contributed by atoms with Crippen LogP contribution in [0.3, 0.4) is 0 Å². The Kier molecular flexibility index (Phi) is 5.18. The van der Waals surface area contributed by atoms with Gasteiger partial charge in [0, 0.05) is 29.8 Å². The molecule has 0 atom stereocenters. The SMILES string of the molecule is N#Cc1cc[n+](C/C=C/C[n+]2ccc(/C=N\O)cc2)cc1. The fourth-order valence-corrected chi connectivity index (χ4v) is 1.79. The van der Waals surface area contributed by atoms with Crippen molar-refractivity contribution in [3.8, 4) is 6.07 Å². The van der Waals surface area contributed by atoms with Crippen LogP contribution in [-0.4, -0.2) is 11.4 Å². The lowest BCUT2D eigenvalue weighted by Gasteiger charge is -1.93. The van der Waals surface area contributed by atoms with Gasteiger partial charge in [0.2, 0.25) is 0 Å². The summed E-state index contributed by atoms with van der Waals surface area (Å²) in [5.74, 6) is 0. The van der Waals surface area contributed by atoms with E-state index in [0.717, 1.165) is 18.7 Å². The van der Waals surface area contributed by atoms with Crippen LogP contribution in [0.5, 0.6) is 0 Å². The van der Waals surface area contributed by atoms with Gasteiger partial charge in [0.25, 0.3) is 0 Å². The van der Waals surface area contributed by atoms with E-state index >= 15 is 0 Å². The van der Waals surface area contributed by atoms with Crippen molar-refractivity contribution in [2.45, 2.75) is 13.1 Å². The highest BCUT2D eigenvalue weighted by Crippen LogP contribution is 1.91. The molecule has 0 spiro atoms. The van der Waals surface area contributed by atoms with Gasteiger partial charge in [0.15, 0.2) is 37.9 Å². The molecule has 0 bridgehead atoms. The summed E-state index contributed by atoms with van der Waals surface area (Å²) >= 11 is 0. The molecule has 0 fully saturated rings. The lowest BCUT2D eigenvalue weighted by Crippen LogP contribution is -2.33. The van der Waals surface area contributed by atoms with Crippen LogP contribution in [0, 0.1) is 11.3 Å². The lowest BCUT2D eigenvalue weighted by molar-refractivity contribution is -0.691. The van der Waals surface area contributed by atoms with Crippen molar-refractivity contribution in [1.29, 1.82) is 5.26 Å².